The van der Waals surface area contributed by atoms with Gasteiger partial charge in [0.05, 0.1) is 0 Å². The number of carbonyl (C=O) groups excluding carboxylic acids is 1. The predicted molar refractivity (Wildman–Crippen MR) is 80.0 cm³/mol. The molecule has 110 valence electrons. The topological polar surface area (TPSA) is 68.0 Å². The summed E-state index contributed by atoms with van der Waals surface area (Å²) >= 11 is 0. The van der Waals surface area contributed by atoms with Crippen LogP contribution in [0.3, 0.4) is 0 Å². The molecule has 1 heterocycles. The normalized spacial score (nSPS) is 26.6. The molecule has 1 aromatic heterocycles. The average Bonchev–Trinajstić information content (AvgIpc) is 2.42. The van der Waals surface area contributed by atoms with E-state index in [-0.39, 0.29) is 28.8 Å². The second kappa shape index (κ2) is 5.17. The second-order valence-corrected chi connectivity index (χ2v) is 6.94. The van der Waals surface area contributed by atoms with Crippen LogP contribution in [-0.4, -0.2) is 23.0 Å². The van der Waals surface area contributed by atoms with Crippen molar-refractivity contribution in [3.63, 3.8) is 0 Å². The molecule has 0 atom stereocenters. The quantitative estimate of drug-likeness (QED) is 0.881. The van der Waals surface area contributed by atoms with Gasteiger partial charge in [-0.3, -0.25) is 9.78 Å². The van der Waals surface area contributed by atoms with Gasteiger partial charge in [0.15, 0.2) is 0 Å². The van der Waals surface area contributed by atoms with Gasteiger partial charge in [-0.05, 0) is 18.6 Å². The Morgan fingerprint density at radius 1 is 1.30 bits per heavy atom. The van der Waals surface area contributed by atoms with Crippen LogP contribution in [0.1, 0.15) is 39.8 Å². The van der Waals surface area contributed by atoms with Gasteiger partial charge >= 0.3 is 0 Å². The molecule has 0 aliphatic heterocycles. The Balaban J connectivity index is 1.89. The van der Waals surface area contributed by atoms with Gasteiger partial charge in [-0.15, -0.1) is 0 Å². The van der Waals surface area contributed by atoms with Crippen molar-refractivity contribution in [1.82, 2.24) is 10.3 Å². The third kappa shape index (κ3) is 2.57. The summed E-state index contributed by atoms with van der Waals surface area (Å²) in [6, 6.07) is 6.00. The first-order valence-electron chi connectivity index (χ1n) is 7.21. The molecule has 0 spiro atoms. The molecule has 1 aliphatic rings. The van der Waals surface area contributed by atoms with E-state index < -0.39 is 0 Å². The molecule has 1 aromatic rings. The van der Waals surface area contributed by atoms with E-state index in [1.54, 1.807) is 6.20 Å². The number of aromatic nitrogens is 1. The first-order valence-corrected chi connectivity index (χ1v) is 7.21. The van der Waals surface area contributed by atoms with Crippen LogP contribution in [0.2, 0.25) is 0 Å². The summed E-state index contributed by atoms with van der Waals surface area (Å²) in [7, 11) is 0. The molecule has 3 N–H and O–H groups in total. The lowest BCUT2D eigenvalue weighted by atomic mass is 9.48. The molecule has 1 aliphatic carbocycles. The molecule has 4 nitrogen and oxygen atoms in total. The van der Waals surface area contributed by atoms with Crippen molar-refractivity contribution in [2.45, 2.75) is 52.6 Å². The molecule has 1 amide bonds. The summed E-state index contributed by atoms with van der Waals surface area (Å²) in [6.07, 6.45) is 2.89. The number of hydrogen-bond acceptors (Lipinski definition) is 3. The lowest BCUT2D eigenvalue weighted by Gasteiger charge is -2.62. The number of hydrogen-bond donors (Lipinski definition) is 2. The Morgan fingerprint density at radius 3 is 2.50 bits per heavy atom. The summed E-state index contributed by atoms with van der Waals surface area (Å²) in [4.78, 5) is 16.4. The molecule has 4 heteroatoms. The Labute approximate surface area is 121 Å². The third-order valence-corrected chi connectivity index (χ3v) is 4.73. The number of pyridine rings is 1. The number of nitrogens with one attached hydrogen (secondary N) is 1. The van der Waals surface area contributed by atoms with E-state index in [4.69, 9.17) is 5.73 Å². The van der Waals surface area contributed by atoms with Gasteiger partial charge in [0, 0.05) is 41.2 Å². The summed E-state index contributed by atoms with van der Waals surface area (Å²) in [5.74, 6) is 0.0775. The van der Waals surface area contributed by atoms with Crippen LogP contribution >= 0.6 is 0 Å². The smallest absolute Gasteiger partial charge is 0.220 e. The molecule has 1 saturated carbocycles. The van der Waals surface area contributed by atoms with Crippen molar-refractivity contribution in [3.05, 3.63) is 30.1 Å². The van der Waals surface area contributed by atoms with Crippen molar-refractivity contribution < 1.29 is 4.79 Å². The van der Waals surface area contributed by atoms with E-state index in [2.05, 4.69) is 38.0 Å². The Hall–Kier alpha value is -1.42. The summed E-state index contributed by atoms with van der Waals surface area (Å²) in [6.45, 7) is 8.47. The lowest BCUT2D eigenvalue weighted by molar-refractivity contribution is -0.132. The molecular weight excluding hydrogens is 250 g/mol. The SMILES string of the molecule is CC1(C)C(N)C(C)(C)C1NC(=O)CCc1ccccn1. The maximum Gasteiger partial charge on any atom is 0.220 e. The Bertz CT molecular complexity index is 466. The van der Waals surface area contributed by atoms with Gasteiger partial charge in [0.1, 0.15) is 0 Å². The average molecular weight is 275 g/mol. The van der Waals surface area contributed by atoms with Gasteiger partial charge in [0.25, 0.3) is 0 Å². The first-order chi connectivity index (χ1) is 9.26. The van der Waals surface area contributed by atoms with Crippen LogP contribution in [0.15, 0.2) is 24.4 Å². The largest absolute Gasteiger partial charge is 0.352 e. The highest BCUT2D eigenvalue weighted by Crippen LogP contribution is 2.52. The Kier molecular flexibility index (Phi) is 3.87. The lowest BCUT2D eigenvalue weighted by Crippen LogP contribution is -2.76. The van der Waals surface area contributed by atoms with Gasteiger partial charge in [-0.1, -0.05) is 33.8 Å². The minimum Gasteiger partial charge on any atom is -0.352 e. The minimum atomic E-state index is -0.0514. The van der Waals surface area contributed by atoms with Crippen molar-refractivity contribution in [3.8, 4) is 0 Å². The molecule has 0 unspecified atom stereocenters. The van der Waals surface area contributed by atoms with Crippen LogP contribution in [0, 0.1) is 10.8 Å². The minimum absolute atomic E-state index is 0.0514. The monoisotopic (exact) mass is 275 g/mol. The highest BCUT2D eigenvalue weighted by molar-refractivity contribution is 5.77. The number of carbonyl (C=O) groups is 1. The molecule has 20 heavy (non-hydrogen) atoms. The number of aryl methyl sites for hydroxylation is 1. The van der Waals surface area contributed by atoms with E-state index in [1.807, 2.05) is 18.2 Å². The maximum atomic E-state index is 12.1. The van der Waals surface area contributed by atoms with Crippen molar-refractivity contribution in [2.75, 3.05) is 0 Å². The zero-order valence-corrected chi connectivity index (χ0v) is 12.8. The van der Waals surface area contributed by atoms with Crippen LogP contribution in [-0.2, 0) is 11.2 Å². The zero-order chi connectivity index (χ0) is 15.0. The molecular formula is C16H25N3O. The van der Waals surface area contributed by atoms with Gasteiger partial charge in [-0.25, -0.2) is 0 Å². The predicted octanol–water partition coefficient (Wildman–Crippen LogP) is 1.89. The second-order valence-electron chi connectivity index (χ2n) is 6.94. The van der Waals surface area contributed by atoms with E-state index in [0.717, 1.165) is 5.69 Å². The van der Waals surface area contributed by atoms with Crippen LogP contribution in [0.5, 0.6) is 0 Å². The van der Waals surface area contributed by atoms with Gasteiger partial charge in [0.2, 0.25) is 5.91 Å². The molecule has 0 bridgehead atoms. The molecule has 2 rings (SSSR count). The van der Waals surface area contributed by atoms with E-state index >= 15 is 0 Å². The standard InChI is InChI=1S/C16H25N3O/c1-15(2)13(17)16(3,4)14(15)19-12(20)9-8-11-7-5-6-10-18-11/h5-7,10,13-14H,8-9,17H2,1-4H3,(H,19,20). The highest BCUT2D eigenvalue weighted by atomic mass is 16.1. The van der Waals surface area contributed by atoms with Gasteiger partial charge in [-0.2, -0.15) is 0 Å². The third-order valence-electron chi connectivity index (χ3n) is 4.73. The number of nitrogens with two attached hydrogens (primary N) is 1. The number of rotatable bonds is 4. The molecule has 0 radical (unpaired) electrons. The van der Waals surface area contributed by atoms with E-state index in [9.17, 15) is 4.79 Å². The summed E-state index contributed by atoms with van der Waals surface area (Å²) in [5.41, 5.74) is 7.05. The molecule has 0 saturated heterocycles. The van der Waals surface area contributed by atoms with Gasteiger partial charge < -0.3 is 11.1 Å². The van der Waals surface area contributed by atoms with E-state index in [0.29, 0.717) is 12.8 Å². The van der Waals surface area contributed by atoms with Crippen LogP contribution < -0.4 is 11.1 Å². The van der Waals surface area contributed by atoms with Crippen molar-refractivity contribution in [2.24, 2.45) is 16.6 Å². The molecule has 1 fully saturated rings. The fraction of sp³-hybridized carbons (Fsp3) is 0.625. The van der Waals surface area contributed by atoms with Crippen LogP contribution in [0.4, 0.5) is 0 Å². The first kappa shape index (κ1) is 15.0. The summed E-state index contributed by atoms with van der Waals surface area (Å²) in [5, 5.41) is 3.15. The summed E-state index contributed by atoms with van der Waals surface area (Å²) < 4.78 is 0. The van der Waals surface area contributed by atoms with Crippen molar-refractivity contribution in [1.29, 1.82) is 0 Å². The number of nitrogens with zero attached hydrogens (tertiary/aromatic N) is 1. The maximum absolute atomic E-state index is 12.1. The fourth-order valence-corrected chi connectivity index (χ4v) is 3.57. The highest BCUT2D eigenvalue weighted by Gasteiger charge is 2.60. The van der Waals surface area contributed by atoms with Crippen LogP contribution in [0.25, 0.3) is 0 Å². The van der Waals surface area contributed by atoms with E-state index in [1.165, 1.54) is 0 Å². The Morgan fingerprint density at radius 2 is 1.95 bits per heavy atom. The van der Waals surface area contributed by atoms with Crippen molar-refractivity contribution >= 4 is 5.91 Å². The zero-order valence-electron chi connectivity index (χ0n) is 12.8. The molecule has 0 aromatic carbocycles. The fourth-order valence-electron chi connectivity index (χ4n) is 3.57. The number of amides is 1.